The van der Waals surface area contributed by atoms with Crippen LogP contribution in [-0.2, 0) is 6.42 Å². The summed E-state index contributed by atoms with van der Waals surface area (Å²) in [5.41, 5.74) is 2.60. The molecule has 0 aliphatic rings. The van der Waals surface area contributed by atoms with Crippen LogP contribution in [0.2, 0.25) is 0 Å². The van der Waals surface area contributed by atoms with E-state index >= 15 is 0 Å². The van der Waals surface area contributed by atoms with Gasteiger partial charge in [0, 0.05) is 0 Å². The highest BCUT2D eigenvalue weighted by Gasteiger charge is 2.04. The Morgan fingerprint density at radius 1 is 1.13 bits per heavy atom. The van der Waals surface area contributed by atoms with E-state index in [4.69, 9.17) is 0 Å². The van der Waals surface area contributed by atoms with Crippen molar-refractivity contribution >= 4 is 0 Å². The molecule has 0 spiro atoms. The van der Waals surface area contributed by atoms with Gasteiger partial charge in [-0.2, -0.15) is 0 Å². The van der Waals surface area contributed by atoms with E-state index < -0.39 is 0 Å². The molecule has 0 amide bonds. The Labute approximate surface area is 93.1 Å². The number of aliphatic hydroxyl groups excluding tert-OH is 1. The maximum absolute atomic E-state index is 9.68. The van der Waals surface area contributed by atoms with Gasteiger partial charge in [-0.25, -0.2) is 0 Å². The Hall–Kier alpha value is -0.820. The summed E-state index contributed by atoms with van der Waals surface area (Å²) >= 11 is 0. The molecule has 1 aromatic rings. The lowest BCUT2D eigenvalue weighted by Gasteiger charge is -2.10. The summed E-state index contributed by atoms with van der Waals surface area (Å²) in [7, 11) is 0. The van der Waals surface area contributed by atoms with Crippen LogP contribution in [0.4, 0.5) is 0 Å². The molecule has 0 aromatic heterocycles. The van der Waals surface area contributed by atoms with Crippen molar-refractivity contribution < 1.29 is 5.11 Å². The number of rotatable bonds is 5. The minimum Gasteiger partial charge on any atom is -0.393 e. The third-order valence-electron chi connectivity index (χ3n) is 2.74. The first kappa shape index (κ1) is 12.3. The Morgan fingerprint density at radius 2 is 1.73 bits per heavy atom. The molecule has 1 rings (SSSR count). The van der Waals surface area contributed by atoms with Gasteiger partial charge in [0.05, 0.1) is 6.10 Å². The van der Waals surface area contributed by atoms with Crippen LogP contribution in [0.15, 0.2) is 24.3 Å². The van der Waals surface area contributed by atoms with Crippen molar-refractivity contribution in [3.63, 3.8) is 0 Å². The average molecular weight is 206 g/mol. The summed E-state index contributed by atoms with van der Waals surface area (Å²) in [6, 6.07) is 8.60. The summed E-state index contributed by atoms with van der Waals surface area (Å²) in [5, 5.41) is 9.68. The Balaban J connectivity index is 2.56. The zero-order valence-corrected chi connectivity index (χ0v) is 10.0. The van der Waals surface area contributed by atoms with Crippen LogP contribution >= 0.6 is 0 Å². The predicted octanol–water partition coefficient (Wildman–Crippen LogP) is 3.51. The van der Waals surface area contributed by atoms with Crippen LogP contribution in [0, 0.1) is 0 Å². The third kappa shape index (κ3) is 4.05. The highest BCUT2D eigenvalue weighted by Crippen LogP contribution is 2.16. The lowest BCUT2D eigenvalue weighted by molar-refractivity contribution is 0.164. The summed E-state index contributed by atoms with van der Waals surface area (Å²) in [6.07, 6.45) is 2.54. The number of aliphatic hydroxyl groups is 1. The molecule has 84 valence electrons. The van der Waals surface area contributed by atoms with Gasteiger partial charge in [0.2, 0.25) is 0 Å². The van der Waals surface area contributed by atoms with Gasteiger partial charge in [-0.05, 0) is 29.9 Å². The van der Waals surface area contributed by atoms with E-state index in [-0.39, 0.29) is 6.10 Å². The standard InChI is InChI=1S/C14H22O/c1-4-5-14(15)10-12-6-8-13(9-7-12)11(2)3/h6-9,11,14-15H,4-5,10H2,1-3H3/t14-/m1/s1. The van der Waals surface area contributed by atoms with Crippen molar-refractivity contribution in [1.29, 1.82) is 0 Å². The Bertz CT molecular complexity index is 274. The van der Waals surface area contributed by atoms with Gasteiger partial charge in [0.25, 0.3) is 0 Å². The van der Waals surface area contributed by atoms with Crippen LogP contribution in [-0.4, -0.2) is 11.2 Å². The quantitative estimate of drug-likeness (QED) is 0.781. The second kappa shape index (κ2) is 5.92. The molecule has 0 saturated carbocycles. The first-order chi connectivity index (χ1) is 7.13. The highest BCUT2D eigenvalue weighted by molar-refractivity contribution is 5.25. The Kier molecular flexibility index (Phi) is 4.83. The molecule has 0 fully saturated rings. The summed E-state index contributed by atoms with van der Waals surface area (Å²) < 4.78 is 0. The molecule has 0 aliphatic carbocycles. The zero-order valence-electron chi connectivity index (χ0n) is 10.0. The smallest absolute Gasteiger partial charge is 0.0580 e. The molecule has 1 heteroatoms. The lowest BCUT2D eigenvalue weighted by Crippen LogP contribution is -2.09. The minimum atomic E-state index is -0.181. The molecule has 0 saturated heterocycles. The minimum absolute atomic E-state index is 0.181. The summed E-state index contributed by atoms with van der Waals surface area (Å²) in [5.74, 6) is 0.583. The van der Waals surface area contributed by atoms with Crippen molar-refractivity contribution in [1.82, 2.24) is 0 Å². The first-order valence-electron chi connectivity index (χ1n) is 5.90. The van der Waals surface area contributed by atoms with Gasteiger partial charge in [0.1, 0.15) is 0 Å². The zero-order chi connectivity index (χ0) is 11.3. The monoisotopic (exact) mass is 206 g/mol. The molecule has 0 unspecified atom stereocenters. The number of benzene rings is 1. The van der Waals surface area contributed by atoms with Crippen LogP contribution in [0.25, 0.3) is 0 Å². The first-order valence-corrected chi connectivity index (χ1v) is 5.90. The van der Waals surface area contributed by atoms with Crippen molar-refractivity contribution in [2.24, 2.45) is 0 Å². The fourth-order valence-corrected chi connectivity index (χ4v) is 1.75. The molecule has 15 heavy (non-hydrogen) atoms. The van der Waals surface area contributed by atoms with E-state index in [2.05, 4.69) is 45.0 Å². The van der Waals surface area contributed by atoms with Crippen LogP contribution in [0.5, 0.6) is 0 Å². The van der Waals surface area contributed by atoms with E-state index in [0.717, 1.165) is 19.3 Å². The molecular formula is C14H22O. The molecule has 0 bridgehead atoms. The van der Waals surface area contributed by atoms with E-state index in [1.165, 1.54) is 11.1 Å². The SMILES string of the molecule is CCC[C@@H](O)Cc1ccc(C(C)C)cc1. The molecule has 0 radical (unpaired) electrons. The van der Waals surface area contributed by atoms with E-state index in [1.54, 1.807) is 0 Å². The van der Waals surface area contributed by atoms with Crippen molar-refractivity contribution in [2.75, 3.05) is 0 Å². The van der Waals surface area contributed by atoms with E-state index in [9.17, 15) is 5.11 Å². The summed E-state index contributed by atoms with van der Waals surface area (Å²) in [4.78, 5) is 0. The van der Waals surface area contributed by atoms with Crippen molar-refractivity contribution in [3.05, 3.63) is 35.4 Å². The molecular weight excluding hydrogens is 184 g/mol. The molecule has 1 nitrogen and oxygen atoms in total. The van der Waals surface area contributed by atoms with Crippen LogP contribution < -0.4 is 0 Å². The molecule has 0 heterocycles. The molecule has 1 atom stereocenters. The Morgan fingerprint density at radius 3 is 2.20 bits per heavy atom. The fourth-order valence-electron chi connectivity index (χ4n) is 1.75. The van der Waals surface area contributed by atoms with E-state index in [0.29, 0.717) is 5.92 Å². The van der Waals surface area contributed by atoms with Gasteiger partial charge in [-0.1, -0.05) is 51.5 Å². The number of hydrogen-bond acceptors (Lipinski definition) is 1. The van der Waals surface area contributed by atoms with Gasteiger partial charge < -0.3 is 5.11 Å². The normalized spacial score (nSPS) is 13.1. The lowest BCUT2D eigenvalue weighted by atomic mass is 9.99. The maximum atomic E-state index is 9.68. The molecule has 0 aliphatic heterocycles. The maximum Gasteiger partial charge on any atom is 0.0580 e. The largest absolute Gasteiger partial charge is 0.393 e. The van der Waals surface area contributed by atoms with Crippen molar-refractivity contribution in [3.8, 4) is 0 Å². The van der Waals surface area contributed by atoms with Gasteiger partial charge in [-0.3, -0.25) is 0 Å². The van der Waals surface area contributed by atoms with Gasteiger partial charge in [0.15, 0.2) is 0 Å². The van der Waals surface area contributed by atoms with Crippen molar-refractivity contribution in [2.45, 2.75) is 52.1 Å². The van der Waals surface area contributed by atoms with Crippen LogP contribution in [0.3, 0.4) is 0 Å². The topological polar surface area (TPSA) is 20.2 Å². The average Bonchev–Trinajstić information content (AvgIpc) is 2.18. The second-order valence-corrected chi connectivity index (χ2v) is 4.54. The number of hydrogen-bond donors (Lipinski definition) is 1. The molecule has 1 N–H and O–H groups in total. The van der Waals surface area contributed by atoms with Crippen LogP contribution in [0.1, 0.15) is 50.7 Å². The van der Waals surface area contributed by atoms with E-state index in [1.807, 2.05) is 0 Å². The molecule has 1 aromatic carbocycles. The fraction of sp³-hybridized carbons (Fsp3) is 0.571. The summed E-state index contributed by atoms with van der Waals surface area (Å²) in [6.45, 7) is 6.49. The highest BCUT2D eigenvalue weighted by atomic mass is 16.3. The predicted molar refractivity (Wildman–Crippen MR) is 65.1 cm³/mol. The second-order valence-electron chi connectivity index (χ2n) is 4.54. The van der Waals surface area contributed by atoms with Gasteiger partial charge in [-0.15, -0.1) is 0 Å². The third-order valence-corrected chi connectivity index (χ3v) is 2.74. The van der Waals surface area contributed by atoms with Gasteiger partial charge >= 0.3 is 0 Å².